The Morgan fingerprint density at radius 1 is 0.875 bits per heavy atom. The van der Waals surface area contributed by atoms with Crippen LogP contribution in [0.15, 0.2) is 77.7 Å². The van der Waals surface area contributed by atoms with Crippen LogP contribution in [0.4, 0.5) is 0 Å². The second-order valence-corrected chi connectivity index (χ2v) is 8.73. The molecule has 0 heterocycles. The lowest BCUT2D eigenvalue weighted by atomic mass is 10.2. The highest BCUT2D eigenvalue weighted by molar-refractivity contribution is 7.89. The highest BCUT2D eigenvalue weighted by Crippen LogP contribution is 2.23. The van der Waals surface area contributed by atoms with Gasteiger partial charge in [0.15, 0.2) is 0 Å². The van der Waals surface area contributed by atoms with E-state index < -0.39 is 21.8 Å². The number of hydrogen-bond donors (Lipinski definition) is 3. The second-order valence-electron chi connectivity index (χ2n) is 6.59. The number of hydrazine groups is 1. The van der Waals surface area contributed by atoms with Gasteiger partial charge in [-0.1, -0.05) is 41.9 Å². The van der Waals surface area contributed by atoms with Crippen molar-refractivity contribution in [3.63, 3.8) is 0 Å². The zero-order valence-corrected chi connectivity index (χ0v) is 18.5. The van der Waals surface area contributed by atoms with E-state index in [-0.39, 0.29) is 22.0 Å². The standard InChI is InChI=1S/C22H20ClN3O5S/c1-31-18-10-7-16(8-11-18)21(27)25-26-22(28)17-9-12-19(23)20(13-17)32(29,30)24-14-15-5-3-2-4-6-15/h2-13,24H,14H2,1H3,(H,25,27)(H,26,28). The third-order valence-corrected chi connectivity index (χ3v) is 6.32. The Bertz CT molecular complexity index is 1220. The van der Waals surface area contributed by atoms with E-state index in [1.54, 1.807) is 36.4 Å². The van der Waals surface area contributed by atoms with Crippen molar-refractivity contribution in [2.24, 2.45) is 0 Å². The topological polar surface area (TPSA) is 114 Å². The van der Waals surface area contributed by atoms with Gasteiger partial charge in [0, 0.05) is 17.7 Å². The van der Waals surface area contributed by atoms with E-state index in [0.29, 0.717) is 11.3 Å². The number of nitrogens with one attached hydrogen (secondary N) is 3. The fourth-order valence-corrected chi connectivity index (χ4v) is 4.24. The molecule has 2 amide bonds. The molecule has 3 aromatic carbocycles. The van der Waals surface area contributed by atoms with E-state index >= 15 is 0 Å². The third-order valence-electron chi connectivity index (χ3n) is 4.43. The summed E-state index contributed by atoms with van der Waals surface area (Å²) in [7, 11) is -2.48. The predicted octanol–water partition coefficient (Wildman–Crippen LogP) is 2.90. The molecule has 0 aliphatic carbocycles. The largest absolute Gasteiger partial charge is 0.497 e. The van der Waals surface area contributed by atoms with Crippen LogP contribution in [-0.2, 0) is 16.6 Å². The van der Waals surface area contributed by atoms with Crippen molar-refractivity contribution in [2.45, 2.75) is 11.4 Å². The van der Waals surface area contributed by atoms with Crippen LogP contribution in [-0.4, -0.2) is 27.3 Å². The molecule has 0 aliphatic rings. The average molecular weight is 474 g/mol. The molecule has 0 aromatic heterocycles. The molecule has 3 rings (SSSR count). The van der Waals surface area contributed by atoms with Crippen LogP contribution < -0.4 is 20.3 Å². The maximum absolute atomic E-state index is 12.7. The van der Waals surface area contributed by atoms with Crippen LogP contribution in [0.25, 0.3) is 0 Å². The maximum Gasteiger partial charge on any atom is 0.269 e. The molecule has 32 heavy (non-hydrogen) atoms. The fourth-order valence-electron chi connectivity index (χ4n) is 2.70. The van der Waals surface area contributed by atoms with E-state index in [1.807, 2.05) is 6.07 Å². The highest BCUT2D eigenvalue weighted by Gasteiger charge is 2.20. The van der Waals surface area contributed by atoms with Gasteiger partial charge in [0.05, 0.1) is 12.1 Å². The molecule has 0 atom stereocenters. The lowest BCUT2D eigenvalue weighted by Crippen LogP contribution is -2.41. The van der Waals surface area contributed by atoms with Gasteiger partial charge in [0.25, 0.3) is 11.8 Å². The predicted molar refractivity (Wildman–Crippen MR) is 120 cm³/mol. The smallest absolute Gasteiger partial charge is 0.269 e. The summed E-state index contributed by atoms with van der Waals surface area (Å²) in [6, 6.07) is 19.0. The highest BCUT2D eigenvalue weighted by atomic mass is 35.5. The summed E-state index contributed by atoms with van der Waals surface area (Å²) >= 11 is 6.07. The van der Waals surface area contributed by atoms with E-state index in [1.165, 1.54) is 31.4 Å². The van der Waals surface area contributed by atoms with Crippen LogP contribution in [0.3, 0.4) is 0 Å². The normalized spacial score (nSPS) is 10.9. The van der Waals surface area contributed by atoms with Gasteiger partial charge in [-0.2, -0.15) is 0 Å². The number of sulfonamides is 1. The van der Waals surface area contributed by atoms with Gasteiger partial charge in [-0.3, -0.25) is 20.4 Å². The molecule has 166 valence electrons. The Morgan fingerprint density at radius 3 is 2.09 bits per heavy atom. The summed E-state index contributed by atoms with van der Waals surface area (Å²) in [5, 5.41) is -0.0376. The molecule has 0 fully saturated rings. The maximum atomic E-state index is 12.7. The van der Waals surface area contributed by atoms with Gasteiger partial charge in [0.1, 0.15) is 10.6 Å². The Hall–Kier alpha value is -3.40. The van der Waals surface area contributed by atoms with Gasteiger partial charge in [-0.05, 0) is 48.0 Å². The van der Waals surface area contributed by atoms with Crippen LogP contribution in [0, 0.1) is 0 Å². The molecule has 0 saturated carbocycles. The zero-order chi connectivity index (χ0) is 23.1. The minimum atomic E-state index is -3.99. The summed E-state index contributed by atoms with van der Waals surface area (Å²) in [6.07, 6.45) is 0. The molecule has 8 nitrogen and oxygen atoms in total. The van der Waals surface area contributed by atoms with E-state index in [9.17, 15) is 18.0 Å². The summed E-state index contributed by atoms with van der Waals surface area (Å²) < 4.78 is 32.9. The molecule has 0 unspecified atom stereocenters. The van der Waals surface area contributed by atoms with Crippen LogP contribution in [0.2, 0.25) is 5.02 Å². The molecule has 0 radical (unpaired) electrons. The second kappa shape index (κ2) is 10.3. The zero-order valence-electron chi connectivity index (χ0n) is 17.0. The molecule has 0 spiro atoms. The molecule has 0 bridgehead atoms. The summed E-state index contributed by atoms with van der Waals surface area (Å²) in [4.78, 5) is 24.4. The Kier molecular flexibility index (Phi) is 7.47. The molecule has 0 aliphatic heterocycles. The lowest BCUT2D eigenvalue weighted by molar-refractivity contribution is 0.0846. The van der Waals surface area contributed by atoms with E-state index in [2.05, 4.69) is 15.6 Å². The summed E-state index contributed by atoms with van der Waals surface area (Å²) in [5.74, 6) is -0.670. The molecular weight excluding hydrogens is 454 g/mol. The number of hydrogen-bond acceptors (Lipinski definition) is 5. The number of benzene rings is 3. The number of carbonyl (C=O) groups is 2. The van der Waals surface area contributed by atoms with Crippen molar-refractivity contribution in [3.8, 4) is 5.75 Å². The minimum Gasteiger partial charge on any atom is -0.497 e. The van der Waals surface area contributed by atoms with E-state index in [4.69, 9.17) is 16.3 Å². The molecular formula is C22H20ClN3O5S. The first kappa shape index (κ1) is 23.3. The first-order valence-electron chi connectivity index (χ1n) is 9.38. The number of carbonyl (C=O) groups excluding carboxylic acids is 2. The van der Waals surface area contributed by atoms with Crippen molar-refractivity contribution in [1.29, 1.82) is 0 Å². The van der Waals surface area contributed by atoms with Crippen molar-refractivity contribution < 1.29 is 22.7 Å². The van der Waals surface area contributed by atoms with Crippen molar-refractivity contribution in [1.82, 2.24) is 15.6 Å². The minimum absolute atomic E-state index is 0.00418. The fraction of sp³-hybridized carbons (Fsp3) is 0.0909. The van der Waals surface area contributed by atoms with Gasteiger partial charge in [0.2, 0.25) is 10.0 Å². The number of methoxy groups -OCH3 is 1. The third kappa shape index (κ3) is 5.85. The lowest BCUT2D eigenvalue weighted by Gasteiger charge is -2.11. The SMILES string of the molecule is COc1ccc(C(=O)NNC(=O)c2ccc(Cl)c(S(=O)(=O)NCc3ccccc3)c2)cc1. The molecule has 3 N–H and O–H groups in total. The van der Waals surface area contributed by atoms with Crippen LogP contribution >= 0.6 is 11.6 Å². The number of ether oxygens (including phenoxy) is 1. The first-order chi connectivity index (χ1) is 15.3. The van der Waals surface area contributed by atoms with E-state index in [0.717, 1.165) is 11.6 Å². The van der Waals surface area contributed by atoms with Crippen LogP contribution in [0.1, 0.15) is 26.3 Å². The summed E-state index contributed by atoms with van der Waals surface area (Å²) in [5.41, 5.74) is 5.60. The van der Waals surface area contributed by atoms with Crippen molar-refractivity contribution in [2.75, 3.05) is 7.11 Å². The molecule has 3 aromatic rings. The van der Waals surface area contributed by atoms with Gasteiger partial charge < -0.3 is 4.74 Å². The van der Waals surface area contributed by atoms with Gasteiger partial charge in [-0.25, -0.2) is 13.1 Å². The van der Waals surface area contributed by atoms with Crippen molar-refractivity contribution in [3.05, 3.63) is 94.5 Å². The summed E-state index contributed by atoms with van der Waals surface area (Å²) in [6.45, 7) is 0.0633. The number of rotatable bonds is 7. The van der Waals surface area contributed by atoms with Gasteiger partial charge in [-0.15, -0.1) is 0 Å². The van der Waals surface area contributed by atoms with Crippen molar-refractivity contribution >= 4 is 33.4 Å². The number of amides is 2. The Labute approximate surface area is 190 Å². The van der Waals surface area contributed by atoms with Crippen LogP contribution in [0.5, 0.6) is 5.75 Å². The number of halogens is 1. The Balaban J connectivity index is 1.68. The quantitative estimate of drug-likeness (QED) is 0.456. The average Bonchev–Trinajstić information content (AvgIpc) is 2.82. The van der Waals surface area contributed by atoms with Gasteiger partial charge >= 0.3 is 0 Å². The first-order valence-corrected chi connectivity index (χ1v) is 11.2. The molecule has 10 heteroatoms. The Morgan fingerprint density at radius 2 is 1.47 bits per heavy atom. The molecule has 0 saturated heterocycles. The monoisotopic (exact) mass is 473 g/mol.